The van der Waals surface area contributed by atoms with Gasteiger partial charge in [0.2, 0.25) is 0 Å². The Morgan fingerprint density at radius 2 is 2.20 bits per heavy atom. The number of aryl methyl sites for hydroxylation is 1. The van der Waals surface area contributed by atoms with Gasteiger partial charge in [-0.1, -0.05) is 11.6 Å². The van der Waals surface area contributed by atoms with E-state index in [4.69, 9.17) is 16.3 Å². The Bertz CT molecular complexity index is 404. The van der Waals surface area contributed by atoms with Gasteiger partial charge in [-0.25, -0.2) is 9.78 Å². The summed E-state index contributed by atoms with van der Waals surface area (Å²) in [5.74, 6) is -0.383. The van der Waals surface area contributed by atoms with Crippen molar-refractivity contribution in [3.05, 3.63) is 28.0 Å². The van der Waals surface area contributed by atoms with Crippen LogP contribution >= 0.6 is 11.6 Å². The van der Waals surface area contributed by atoms with Crippen LogP contribution in [-0.2, 0) is 17.6 Å². The third-order valence-corrected chi connectivity index (χ3v) is 3.03. The largest absolute Gasteiger partial charge is 0.465 e. The van der Waals surface area contributed by atoms with Gasteiger partial charge in [0.1, 0.15) is 10.7 Å². The van der Waals surface area contributed by atoms with Gasteiger partial charge in [-0.15, -0.1) is 0 Å². The van der Waals surface area contributed by atoms with Crippen molar-refractivity contribution in [1.82, 2.24) is 4.98 Å². The molecule has 15 heavy (non-hydrogen) atoms. The van der Waals surface area contributed by atoms with Crippen LogP contribution in [0.4, 0.5) is 0 Å². The maximum atomic E-state index is 11.6. The lowest BCUT2D eigenvalue weighted by Gasteiger charge is -2.18. The second-order valence-electron chi connectivity index (χ2n) is 3.63. The molecule has 0 N–H and O–H groups in total. The van der Waals surface area contributed by atoms with Crippen LogP contribution in [0.1, 0.15) is 34.3 Å². The van der Waals surface area contributed by atoms with Crippen LogP contribution < -0.4 is 0 Å². The Morgan fingerprint density at radius 1 is 1.47 bits per heavy atom. The Hall–Kier alpha value is -1.09. The fraction of sp³-hybridized carbons (Fsp3) is 0.455. The molecule has 3 nitrogen and oxygen atoms in total. The minimum Gasteiger partial charge on any atom is -0.465 e. The molecule has 80 valence electrons. The lowest BCUT2D eigenvalue weighted by atomic mass is 9.90. The average molecular weight is 226 g/mol. The highest BCUT2D eigenvalue weighted by Gasteiger charge is 2.22. The van der Waals surface area contributed by atoms with E-state index in [-0.39, 0.29) is 11.1 Å². The van der Waals surface area contributed by atoms with Gasteiger partial charge in [-0.05, 0) is 36.8 Å². The summed E-state index contributed by atoms with van der Waals surface area (Å²) in [6, 6.07) is 0. The monoisotopic (exact) mass is 225 g/mol. The van der Waals surface area contributed by atoms with E-state index in [1.807, 2.05) is 0 Å². The zero-order valence-corrected chi connectivity index (χ0v) is 9.30. The maximum absolute atomic E-state index is 11.6. The summed E-state index contributed by atoms with van der Waals surface area (Å²) in [4.78, 5) is 15.6. The van der Waals surface area contributed by atoms with Crippen LogP contribution in [-0.4, -0.2) is 18.1 Å². The molecule has 0 fully saturated rings. The van der Waals surface area contributed by atoms with Crippen LogP contribution in [0, 0.1) is 0 Å². The van der Waals surface area contributed by atoms with Crippen LogP contribution in [0.25, 0.3) is 0 Å². The maximum Gasteiger partial charge on any atom is 0.341 e. The molecular formula is C11H12ClNO2. The number of aromatic nitrogens is 1. The summed E-state index contributed by atoms with van der Waals surface area (Å²) < 4.78 is 4.72. The summed E-state index contributed by atoms with van der Waals surface area (Å²) >= 11 is 5.92. The molecule has 0 atom stereocenters. The molecule has 2 rings (SSSR count). The number of pyridine rings is 1. The highest BCUT2D eigenvalue weighted by molar-refractivity contribution is 6.32. The number of fused-ring (bicyclic) bond motifs is 1. The van der Waals surface area contributed by atoms with E-state index < -0.39 is 0 Å². The predicted molar refractivity (Wildman–Crippen MR) is 57.2 cm³/mol. The zero-order valence-electron chi connectivity index (χ0n) is 8.55. The average Bonchev–Trinajstić information content (AvgIpc) is 2.28. The standard InChI is InChI=1S/C11H12ClNO2/c1-15-11(14)9-8-5-3-2-4-7(8)6-13-10(9)12/h6H,2-5H2,1H3. The molecule has 0 amide bonds. The van der Waals surface area contributed by atoms with Gasteiger partial charge in [-0.3, -0.25) is 0 Å². The second-order valence-corrected chi connectivity index (χ2v) is 3.98. The van der Waals surface area contributed by atoms with Gasteiger partial charge in [0, 0.05) is 6.20 Å². The van der Waals surface area contributed by atoms with Crippen molar-refractivity contribution >= 4 is 17.6 Å². The molecule has 0 unspecified atom stereocenters. The number of hydrogen-bond acceptors (Lipinski definition) is 3. The highest BCUT2D eigenvalue weighted by atomic mass is 35.5. The molecule has 1 aromatic rings. The fourth-order valence-corrected chi connectivity index (χ4v) is 2.23. The number of methoxy groups -OCH3 is 1. The van der Waals surface area contributed by atoms with E-state index in [9.17, 15) is 4.79 Å². The first kappa shape index (κ1) is 10.4. The number of hydrogen-bond donors (Lipinski definition) is 0. The Morgan fingerprint density at radius 3 is 2.93 bits per heavy atom. The summed E-state index contributed by atoms with van der Waals surface area (Å²) in [5, 5.41) is 0.252. The van der Waals surface area contributed by atoms with Crippen LogP contribution in [0.5, 0.6) is 0 Å². The lowest BCUT2D eigenvalue weighted by Crippen LogP contribution is -2.13. The number of rotatable bonds is 1. The van der Waals surface area contributed by atoms with Crippen molar-refractivity contribution in [2.45, 2.75) is 25.7 Å². The number of halogens is 1. The van der Waals surface area contributed by atoms with Gasteiger partial charge in [0.15, 0.2) is 0 Å². The van der Waals surface area contributed by atoms with Gasteiger partial charge in [-0.2, -0.15) is 0 Å². The van der Waals surface area contributed by atoms with Crippen molar-refractivity contribution < 1.29 is 9.53 Å². The van der Waals surface area contributed by atoms with Crippen molar-refractivity contribution in [3.63, 3.8) is 0 Å². The first-order valence-corrected chi connectivity index (χ1v) is 5.36. The van der Waals surface area contributed by atoms with Gasteiger partial charge >= 0.3 is 5.97 Å². The predicted octanol–water partition coefficient (Wildman–Crippen LogP) is 2.40. The molecule has 0 spiro atoms. The molecule has 0 radical (unpaired) electrons. The summed E-state index contributed by atoms with van der Waals surface area (Å²) in [6.45, 7) is 0. The van der Waals surface area contributed by atoms with Crippen LogP contribution in [0.15, 0.2) is 6.20 Å². The quantitative estimate of drug-likeness (QED) is 0.544. The number of nitrogens with zero attached hydrogens (tertiary/aromatic N) is 1. The fourth-order valence-electron chi connectivity index (χ4n) is 1.99. The SMILES string of the molecule is COC(=O)c1c(Cl)ncc2c1CCCC2. The first-order chi connectivity index (χ1) is 7.24. The number of carbonyl (C=O) groups excluding carboxylic acids is 1. The minimum atomic E-state index is -0.383. The van der Waals surface area contributed by atoms with E-state index >= 15 is 0 Å². The number of esters is 1. The molecule has 1 aliphatic carbocycles. The molecular weight excluding hydrogens is 214 g/mol. The molecule has 4 heteroatoms. The molecule has 0 aromatic carbocycles. The third-order valence-electron chi connectivity index (χ3n) is 2.74. The Balaban J connectivity index is 2.55. The molecule has 0 bridgehead atoms. The normalized spacial score (nSPS) is 14.5. The molecule has 0 aliphatic heterocycles. The second kappa shape index (κ2) is 4.19. The van der Waals surface area contributed by atoms with Gasteiger partial charge in [0.05, 0.1) is 7.11 Å². The van der Waals surface area contributed by atoms with E-state index in [0.29, 0.717) is 5.56 Å². The highest BCUT2D eigenvalue weighted by Crippen LogP contribution is 2.28. The minimum absolute atomic E-state index is 0.252. The molecule has 0 saturated heterocycles. The molecule has 0 saturated carbocycles. The van der Waals surface area contributed by atoms with Crippen molar-refractivity contribution in [2.75, 3.05) is 7.11 Å². The van der Waals surface area contributed by atoms with Crippen molar-refractivity contribution in [3.8, 4) is 0 Å². The summed E-state index contributed by atoms with van der Waals surface area (Å²) in [7, 11) is 1.36. The van der Waals surface area contributed by atoms with Gasteiger partial charge in [0.25, 0.3) is 0 Å². The van der Waals surface area contributed by atoms with E-state index in [0.717, 1.165) is 36.8 Å². The van der Waals surface area contributed by atoms with Crippen LogP contribution in [0.3, 0.4) is 0 Å². The number of carbonyl (C=O) groups is 1. The topological polar surface area (TPSA) is 39.2 Å². The third kappa shape index (κ3) is 1.84. The van der Waals surface area contributed by atoms with Crippen molar-refractivity contribution in [2.24, 2.45) is 0 Å². The molecule has 1 aromatic heterocycles. The Kier molecular flexibility index (Phi) is 2.91. The molecule has 1 heterocycles. The van der Waals surface area contributed by atoms with E-state index in [2.05, 4.69) is 4.98 Å². The first-order valence-electron chi connectivity index (χ1n) is 4.98. The van der Waals surface area contributed by atoms with Gasteiger partial charge < -0.3 is 4.74 Å². The lowest BCUT2D eigenvalue weighted by molar-refractivity contribution is 0.0599. The summed E-state index contributed by atoms with van der Waals surface area (Å²) in [6.07, 6.45) is 5.88. The van der Waals surface area contributed by atoms with E-state index in [1.165, 1.54) is 7.11 Å². The smallest absolute Gasteiger partial charge is 0.341 e. The Labute approximate surface area is 93.4 Å². The van der Waals surface area contributed by atoms with Crippen LogP contribution in [0.2, 0.25) is 5.15 Å². The zero-order chi connectivity index (χ0) is 10.8. The molecule has 1 aliphatic rings. The van der Waals surface area contributed by atoms with E-state index in [1.54, 1.807) is 6.20 Å². The number of ether oxygens (including phenoxy) is 1. The summed E-state index contributed by atoms with van der Waals surface area (Å²) in [5.41, 5.74) is 2.61. The van der Waals surface area contributed by atoms with Crippen molar-refractivity contribution in [1.29, 1.82) is 0 Å².